The standard InChI is InChI=1S/C8H14ClN/c1-7(2)5-6-8(9)10(3)4/h5-6H,1-4H3/b8-6-. The topological polar surface area (TPSA) is 3.24 Å². The maximum Gasteiger partial charge on any atom is 0.104 e. The average Bonchev–Trinajstić information content (AvgIpc) is 1.82. The highest BCUT2D eigenvalue weighted by Crippen LogP contribution is 2.04. The molecule has 0 unspecified atom stereocenters. The minimum atomic E-state index is 0.751. The van der Waals surface area contributed by atoms with Crippen molar-refractivity contribution < 1.29 is 0 Å². The van der Waals surface area contributed by atoms with Crippen molar-refractivity contribution in [2.45, 2.75) is 13.8 Å². The van der Waals surface area contributed by atoms with Crippen molar-refractivity contribution in [3.8, 4) is 0 Å². The zero-order valence-electron chi connectivity index (χ0n) is 6.98. The summed E-state index contributed by atoms with van der Waals surface area (Å²) < 4.78 is 0. The predicted octanol–water partition coefficient (Wildman–Crippen LogP) is 2.59. The molecule has 58 valence electrons. The summed E-state index contributed by atoms with van der Waals surface area (Å²) in [5.41, 5.74) is 1.25. The zero-order chi connectivity index (χ0) is 8.15. The van der Waals surface area contributed by atoms with E-state index < -0.39 is 0 Å². The van der Waals surface area contributed by atoms with E-state index in [-0.39, 0.29) is 0 Å². The third-order valence-corrected chi connectivity index (χ3v) is 1.45. The van der Waals surface area contributed by atoms with E-state index in [9.17, 15) is 0 Å². The van der Waals surface area contributed by atoms with E-state index in [2.05, 4.69) is 0 Å². The normalized spacial score (nSPS) is 11.1. The fourth-order valence-corrected chi connectivity index (χ4v) is 0.447. The third-order valence-electron chi connectivity index (χ3n) is 0.981. The average molecular weight is 160 g/mol. The van der Waals surface area contributed by atoms with Gasteiger partial charge in [0, 0.05) is 14.1 Å². The lowest BCUT2D eigenvalue weighted by molar-refractivity contribution is 0.547. The fraction of sp³-hybridized carbons (Fsp3) is 0.500. The van der Waals surface area contributed by atoms with Crippen molar-refractivity contribution in [3.05, 3.63) is 22.9 Å². The minimum absolute atomic E-state index is 0.751. The molecule has 1 nitrogen and oxygen atoms in total. The number of rotatable bonds is 2. The van der Waals surface area contributed by atoms with Crippen LogP contribution in [0.4, 0.5) is 0 Å². The predicted molar refractivity (Wildman–Crippen MR) is 47.1 cm³/mol. The molecule has 0 aromatic carbocycles. The molecular formula is C8H14ClN. The second-order valence-electron chi connectivity index (χ2n) is 2.63. The van der Waals surface area contributed by atoms with Crippen LogP contribution in [0, 0.1) is 0 Å². The quantitative estimate of drug-likeness (QED) is 0.442. The molecule has 0 rings (SSSR count). The highest BCUT2D eigenvalue weighted by atomic mass is 35.5. The molecule has 0 aliphatic heterocycles. The maximum atomic E-state index is 5.80. The fourth-order valence-electron chi connectivity index (χ4n) is 0.385. The molecule has 0 atom stereocenters. The van der Waals surface area contributed by atoms with E-state index in [1.54, 1.807) is 0 Å². The van der Waals surface area contributed by atoms with Gasteiger partial charge in [0.05, 0.1) is 0 Å². The molecule has 0 heterocycles. The second-order valence-corrected chi connectivity index (χ2v) is 3.02. The summed E-state index contributed by atoms with van der Waals surface area (Å²) in [6.45, 7) is 4.08. The van der Waals surface area contributed by atoms with Gasteiger partial charge >= 0.3 is 0 Å². The molecule has 0 saturated carbocycles. The summed E-state index contributed by atoms with van der Waals surface area (Å²) in [6, 6.07) is 0. The van der Waals surface area contributed by atoms with Gasteiger partial charge in [-0.05, 0) is 19.9 Å². The first kappa shape index (κ1) is 9.57. The summed E-state index contributed by atoms with van der Waals surface area (Å²) in [4.78, 5) is 1.86. The molecule has 2 heteroatoms. The van der Waals surface area contributed by atoms with Crippen LogP contribution in [-0.4, -0.2) is 19.0 Å². The van der Waals surface area contributed by atoms with E-state index in [0.29, 0.717) is 0 Å². The highest BCUT2D eigenvalue weighted by Gasteiger charge is 1.89. The highest BCUT2D eigenvalue weighted by molar-refractivity contribution is 6.29. The number of allylic oxidation sites excluding steroid dienone is 3. The molecule has 0 aliphatic carbocycles. The number of nitrogens with zero attached hydrogens (tertiary/aromatic N) is 1. The Kier molecular flexibility index (Phi) is 4.21. The van der Waals surface area contributed by atoms with Crippen molar-refractivity contribution in [1.29, 1.82) is 0 Å². The molecule has 10 heavy (non-hydrogen) atoms. The van der Waals surface area contributed by atoms with Crippen LogP contribution >= 0.6 is 11.6 Å². The molecule has 0 aromatic heterocycles. The molecule has 0 radical (unpaired) electrons. The van der Waals surface area contributed by atoms with Crippen LogP contribution in [0.5, 0.6) is 0 Å². The Morgan fingerprint density at radius 1 is 1.20 bits per heavy atom. The van der Waals surface area contributed by atoms with Gasteiger partial charge < -0.3 is 4.90 Å². The molecule has 0 aromatic rings. The Morgan fingerprint density at radius 3 is 2.00 bits per heavy atom. The first-order valence-corrected chi connectivity index (χ1v) is 3.60. The Balaban J connectivity index is 4.05. The van der Waals surface area contributed by atoms with Gasteiger partial charge in [0.25, 0.3) is 0 Å². The van der Waals surface area contributed by atoms with Crippen LogP contribution in [-0.2, 0) is 0 Å². The van der Waals surface area contributed by atoms with E-state index in [0.717, 1.165) is 5.16 Å². The van der Waals surface area contributed by atoms with E-state index >= 15 is 0 Å². The summed E-state index contributed by atoms with van der Waals surface area (Å²) in [5, 5.41) is 0.751. The Hall–Kier alpha value is -0.430. The van der Waals surface area contributed by atoms with Gasteiger partial charge in [0.15, 0.2) is 0 Å². The molecule has 0 saturated heterocycles. The summed E-state index contributed by atoms with van der Waals surface area (Å²) >= 11 is 5.80. The summed E-state index contributed by atoms with van der Waals surface area (Å²) in [7, 11) is 3.83. The van der Waals surface area contributed by atoms with Gasteiger partial charge in [-0.15, -0.1) is 0 Å². The minimum Gasteiger partial charge on any atom is -0.368 e. The van der Waals surface area contributed by atoms with Crippen LogP contribution in [0.2, 0.25) is 0 Å². The van der Waals surface area contributed by atoms with Crippen molar-refractivity contribution >= 4 is 11.6 Å². The van der Waals surface area contributed by atoms with Gasteiger partial charge in [-0.2, -0.15) is 0 Å². The molecule has 0 fully saturated rings. The lowest BCUT2D eigenvalue weighted by Gasteiger charge is -2.08. The molecule has 0 bridgehead atoms. The maximum absolute atomic E-state index is 5.80. The smallest absolute Gasteiger partial charge is 0.104 e. The van der Waals surface area contributed by atoms with Gasteiger partial charge in [0.2, 0.25) is 0 Å². The van der Waals surface area contributed by atoms with Crippen LogP contribution in [0.3, 0.4) is 0 Å². The summed E-state index contributed by atoms with van der Waals surface area (Å²) in [6.07, 6.45) is 3.87. The molecule has 0 spiro atoms. The van der Waals surface area contributed by atoms with Crippen LogP contribution in [0.25, 0.3) is 0 Å². The van der Waals surface area contributed by atoms with Gasteiger partial charge in [0.1, 0.15) is 5.16 Å². The monoisotopic (exact) mass is 159 g/mol. The molecule has 0 aliphatic rings. The van der Waals surface area contributed by atoms with Crippen LogP contribution in [0.1, 0.15) is 13.8 Å². The first-order chi connectivity index (χ1) is 4.54. The Bertz CT molecular complexity index is 153. The van der Waals surface area contributed by atoms with Crippen LogP contribution in [0.15, 0.2) is 22.9 Å². The van der Waals surface area contributed by atoms with Gasteiger partial charge in [-0.3, -0.25) is 0 Å². The van der Waals surface area contributed by atoms with Gasteiger partial charge in [-0.25, -0.2) is 0 Å². The number of halogens is 1. The van der Waals surface area contributed by atoms with E-state index in [4.69, 9.17) is 11.6 Å². The number of hydrogen-bond acceptors (Lipinski definition) is 1. The molecular weight excluding hydrogens is 146 g/mol. The third kappa shape index (κ3) is 4.45. The molecule has 0 amide bonds. The van der Waals surface area contributed by atoms with Crippen molar-refractivity contribution in [2.75, 3.05) is 14.1 Å². The number of hydrogen-bond donors (Lipinski definition) is 0. The van der Waals surface area contributed by atoms with E-state index in [1.807, 2.05) is 45.0 Å². The summed E-state index contributed by atoms with van der Waals surface area (Å²) in [5.74, 6) is 0. The first-order valence-electron chi connectivity index (χ1n) is 3.22. The van der Waals surface area contributed by atoms with Crippen molar-refractivity contribution in [2.24, 2.45) is 0 Å². The second kappa shape index (κ2) is 4.40. The lowest BCUT2D eigenvalue weighted by Crippen LogP contribution is -2.05. The largest absolute Gasteiger partial charge is 0.368 e. The van der Waals surface area contributed by atoms with Crippen LogP contribution < -0.4 is 0 Å². The van der Waals surface area contributed by atoms with Gasteiger partial charge in [-0.1, -0.05) is 23.3 Å². The Morgan fingerprint density at radius 2 is 1.70 bits per heavy atom. The Labute approximate surface area is 68.0 Å². The van der Waals surface area contributed by atoms with E-state index in [1.165, 1.54) is 5.57 Å². The zero-order valence-corrected chi connectivity index (χ0v) is 7.74. The van der Waals surface area contributed by atoms with Crippen molar-refractivity contribution in [3.63, 3.8) is 0 Å². The lowest BCUT2D eigenvalue weighted by atomic mass is 10.3. The SMILES string of the molecule is CC(C)=C/C=C(/Cl)N(C)C. The molecule has 0 N–H and O–H groups in total. The van der Waals surface area contributed by atoms with Crippen molar-refractivity contribution in [1.82, 2.24) is 4.90 Å².